The van der Waals surface area contributed by atoms with Gasteiger partial charge in [0.05, 0.1) is 11.7 Å². The molecular formula is C16H21FN2S. The lowest BCUT2D eigenvalue weighted by Gasteiger charge is -2.17. The summed E-state index contributed by atoms with van der Waals surface area (Å²) in [6.07, 6.45) is 1.01. The molecule has 0 amide bonds. The van der Waals surface area contributed by atoms with E-state index in [2.05, 4.69) is 36.5 Å². The monoisotopic (exact) mass is 292 g/mol. The van der Waals surface area contributed by atoms with Crippen LogP contribution < -0.4 is 5.32 Å². The van der Waals surface area contributed by atoms with Gasteiger partial charge in [-0.2, -0.15) is 0 Å². The van der Waals surface area contributed by atoms with Crippen LogP contribution in [-0.2, 0) is 0 Å². The first-order valence-electron chi connectivity index (χ1n) is 7.06. The number of nitrogens with zero attached hydrogens (tertiary/aromatic N) is 1. The fraction of sp³-hybridized carbons (Fsp3) is 0.438. The summed E-state index contributed by atoms with van der Waals surface area (Å²) >= 11 is 1.60. The molecule has 2 rings (SSSR count). The van der Waals surface area contributed by atoms with Crippen LogP contribution in [0, 0.1) is 5.82 Å². The normalized spacial score (nSPS) is 12.8. The maximum Gasteiger partial charge on any atom is 0.128 e. The Morgan fingerprint density at radius 3 is 2.65 bits per heavy atom. The molecular weight excluding hydrogens is 271 g/mol. The van der Waals surface area contributed by atoms with Gasteiger partial charge in [-0.05, 0) is 24.9 Å². The van der Waals surface area contributed by atoms with E-state index in [-0.39, 0.29) is 11.9 Å². The Morgan fingerprint density at radius 2 is 2.05 bits per heavy atom. The number of hydrogen-bond donors (Lipinski definition) is 1. The van der Waals surface area contributed by atoms with E-state index in [1.807, 2.05) is 12.1 Å². The van der Waals surface area contributed by atoms with E-state index < -0.39 is 0 Å². The molecule has 0 aliphatic heterocycles. The molecule has 0 spiro atoms. The van der Waals surface area contributed by atoms with E-state index in [0.29, 0.717) is 11.5 Å². The molecule has 1 unspecified atom stereocenters. The van der Waals surface area contributed by atoms with Crippen LogP contribution in [0.15, 0.2) is 29.6 Å². The van der Waals surface area contributed by atoms with Gasteiger partial charge in [-0.25, -0.2) is 9.37 Å². The van der Waals surface area contributed by atoms with Gasteiger partial charge >= 0.3 is 0 Å². The van der Waals surface area contributed by atoms with Gasteiger partial charge < -0.3 is 5.32 Å². The number of aromatic nitrogens is 1. The van der Waals surface area contributed by atoms with Gasteiger partial charge in [-0.15, -0.1) is 11.3 Å². The molecule has 1 heterocycles. The summed E-state index contributed by atoms with van der Waals surface area (Å²) in [6.45, 7) is 7.19. The number of rotatable bonds is 6. The van der Waals surface area contributed by atoms with Crippen LogP contribution in [0.1, 0.15) is 55.4 Å². The molecule has 2 aromatic rings. The summed E-state index contributed by atoms with van der Waals surface area (Å²) in [5.41, 5.74) is 1.75. The Bertz CT molecular complexity index is 551. The smallest absolute Gasteiger partial charge is 0.128 e. The lowest BCUT2D eigenvalue weighted by Crippen LogP contribution is -2.24. The molecule has 4 heteroatoms. The average molecular weight is 292 g/mol. The predicted molar refractivity (Wildman–Crippen MR) is 82.7 cm³/mol. The van der Waals surface area contributed by atoms with E-state index in [0.717, 1.165) is 23.7 Å². The van der Waals surface area contributed by atoms with Crippen molar-refractivity contribution in [2.75, 3.05) is 6.54 Å². The maximum atomic E-state index is 14.1. The van der Waals surface area contributed by atoms with Crippen LogP contribution >= 0.6 is 11.3 Å². The molecule has 1 aromatic heterocycles. The first-order chi connectivity index (χ1) is 9.63. The van der Waals surface area contributed by atoms with Crippen LogP contribution in [0.25, 0.3) is 0 Å². The van der Waals surface area contributed by atoms with Crippen molar-refractivity contribution < 1.29 is 4.39 Å². The third kappa shape index (κ3) is 3.44. The van der Waals surface area contributed by atoms with Crippen LogP contribution in [0.2, 0.25) is 0 Å². The Labute approximate surface area is 124 Å². The Hall–Kier alpha value is -1.26. The number of hydrogen-bond acceptors (Lipinski definition) is 3. The first kappa shape index (κ1) is 15.1. The highest BCUT2D eigenvalue weighted by atomic mass is 32.1. The molecule has 0 aliphatic carbocycles. The Balaban J connectivity index is 2.34. The van der Waals surface area contributed by atoms with E-state index in [1.54, 1.807) is 17.4 Å². The first-order valence-corrected chi connectivity index (χ1v) is 7.94. The van der Waals surface area contributed by atoms with Crippen molar-refractivity contribution in [3.05, 3.63) is 51.7 Å². The number of halogens is 1. The topological polar surface area (TPSA) is 24.9 Å². The molecule has 1 aromatic carbocycles. The van der Waals surface area contributed by atoms with Crippen molar-refractivity contribution in [1.82, 2.24) is 10.3 Å². The minimum Gasteiger partial charge on any atom is -0.304 e. The summed E-state index contributed by atoms with van der Waals surface area (Å²) in [6, 6.07) is 6.77. The second kappa shape index (κ2) is 6.95. The van der Waals surface area contributed by atoms with Crippen molar-refractivity contribution in [1.29, 1.82) is 0 Å². The maximum absolute atomic E-state index is 14.1. The molecule has 0 fully saturated rings. The fourth-order valence-corrected chi connectivity index (χ4v) is 3.10. The zero-order valence-electron chi connectivity index (χ0n) is 12.2. The van der Waals surface area contributed by atoms with Crippen molar-refractivity contribution in [2.24, 2.45) is 0 Å². The summed E-state index contributed by atoms with van der Waals surface area (Å²) < 4.78 is 14.1. The lowest BCUT2D eigenvalue weighted by atomic mass is 10.1. The molecule has 0 radical (unpaired) electrons. The van der Waals surface area contributed by atoms with Gasteiger partial charge in [-0.1, -0.05) is 39.0 Å². The van der Waals surface area contributed by atoms with Gasteiger partial charge in [0.1, 0.15) is 10.8 Å². The fourth-order valence-electron chi connectivity index (χ4n) is 2.03. The van der Waals surface area contributed by atoms with Crippen molar-refractivity contribution in [2.45, 2.75) is 39.2 Å². The molecule has 0 saturated heterocycles. The minimum absolute atomic E-state index is 0.159. The standard InChI is InChI=1S/C16H21FN2S/c1-4-9-18-15(12-7-5-6-8-13(12)17)16-19-14(10-20-16)11(2)3/h5-8,10-11,15,18H,4,9H2,1-3H3. The summed E-state index contributed by atoms with van der Waals surface area (Å²) in [5, 5.41) is 6.41. The summed E-state index contributed by atoms with van der Waals surface area (Å²) in [5.74, 6) is 0.217. The Morgan fingerprint density at radius 1 is 1.30 bits per heavy atom. The zero-order chi connectivity index (χ0) is 14.5. The Kier molecular flexibility index (Phi) is 5.26. The van der Waals surface area contributed by atoms with Gasteiger partial charge in [0.15, 0.2) is 0 Å². The van der Waals surface area contributed by atoms with Crippen molar-refractivity contribution >= 4 is 11.3 Å². The minimum atomic E-state index is -0.178. The van der Waals surface area contributed by atoms with Crippen molar-refractivity contribution in [3.8, 4) is 0 Å². The second-order valence-corrected chi connectivity index (χ2v) is 6.06. The van der Waals surface area contributed by atoms with Gasteiger partial charge in [0, 0.05) is 10.9 Å². The van der Waals surface area contributed by atoms with E-state index in [9.17, 15) is 4.39 Å². The second-order valence-electron chi connectivity index (χ2n) is 5.17. The van der Waals surface area contributed by atoms with Gasteiger partial charge in [0.25, 0.3) is 0 Å². The predicted octanol–water partition coefficient (Wildman–Crippen LogP) is 4.49. The highest BCUT2D eigenvalue weighted by molar-refractivity contribution is 7.09. The van der Waals surface area contributed by atoms with E-state index >= 15 is 0 Å². The number of nitrogens with one attached hydrogen (secondary N) is 1. The molecule has 20 heavy (non-hydrogen) atoms. The SMILES string of the molecule is CCCNC(c1nc(C(C)C)cs1)c1ccccc1F. The third-order valence-corrected chi connectivity index (χ3v) is 4.12. The highest BCUT2D eigenvalue weighted by Gasteiger charge is 2.20. The highest BCUT2D eigenvalue weighted by Crippen LogP contribution is 2.29. The van der Waals surface area contributed by atoms with Crippen LogP contribution in [0.4, 0.5) is 4.39 Å². The molecule has 1 N–H and O–H groups in total. The molecule has 0 bridgehead atoms. The molecule has 108 valence electrons. The zero-order valence-corrected chi connectivity index (χ0v) is 13.0. The van der Waals surface area contributed by atoms with Gasteiger partial charge in [-0.3, -0.25) is 0 Å². The molecule has 2 nitrogen and oxygen atoms in total. The number of benzene rings is 1. The van der Waals surface area contributed by atoms with Crippen LogP contribution in [-0.4, -0.2) is 11.5 Å². The third-order valence-electron chi connectivity index (χ3n) is 3.19. The number of thiazole rings is 1. The van der Waals surface area contributed by atoms with Crippen molar-refractivity contribution in [3.63, 3.8) is 0 Å². The largest absolute Gasteiger partial charge is 0.304 e. The average Bonchev–Trinajstić information content (AvgIpc) is 2.91. The molecule has 0 aliphatic rings. The summed E-state index contributed by atoms with van der Waals surface area (Å²) in [4.78, 5) is 4.67. The van der Waals surface area contributed by atoms with Crippen LogP contribution in [0.3, 0.4) is 0 Å². The molecule has 1 atom stereocenters. The van der Waals surface area contributed by atoms with E-state index in [1.165, 1.54) is 6.07 Å². The molecule has 0 saturated carbocycles. The van der Waals surface area contributed by atoms with Gasteiger partial charge in [0.2, 0.25) is 0 Å². The van der Waals surface area contributed by atoms with E-state index in [4.69, 9.17) is 0 Å². The quantitative estimate of drug-likeness (QED) is 0.848. The lowest BCUT2D eigenvalue weighted by molar-refractivity contribution is 0.544. The summed E-state index contributed by atoms with van der Waals surface area (Å²) in [7, 11) is 0. The van der Waals surface area contributed by atoms with Crippen LogP contribution in [0.5, 0.6) is 0 Å².